The second-order valence-electron chi connectivity index (χ2n) is 8.51. The Kier molecular flexibility index (Phi) is 13.2. The Morgan fingerprint density at radius 2 is 0.615 bits per heavy atom. The van der Waals surface area contributed by atoms with Crippen molar-refractivity contribution in [3.8, 4) is 11.5 Å². The SMILES string of the molecule is COc1ccc(C([S-])=C([S-])c2ccc(OC)cc2)cc1.Cc1ccc(C([S-])=C([S-])c2ccc(C)cc2)cc1.[Ni]. The van der Waals surface area contributed by atoms with Crippen LogP contribution in [0.25, 0.3) is 19.6 Å². The zero-order valence-electron chi connectivity index (χ0n) is 22.0. The molecule has 4 aromatic carbocycles. The van der Waals surface area contributed by atoms with Gasteiger partial charge in [0.2, 0.25) is 0 Å². The molecule has 0 aliphatic rings. The smallest absolute Gasteiger partial charge is 0.118 e. The van der Waals surface area contributed by atoms with Gasteiger partial charge in [-0.25, -0.2) is 0 Å². The van der Waals surface area contributed by atoms with E-state index in [2.05, 4.69) is 38.1 Å². The molecule has 0 atom stereocenters. The van der Waals surface area contributed by atoms with Crippen molar-refractivity contribution in [2.75, 3.05) is 14.2 Å². The molecule has 4 aromatic rings. The van der Waals surface area contributed by atoms with Crippen LogP contribution in [0.5, 0.6) is 11.5 Å². The third-order valence-electron chi connectivity index (χ3n) is 5.74. The van der Waals surface area contributed by atoms with Crippen LogP contribution in [0, 0.1) is 13.8 Å². The summed E-state index contributed by atoms with van der Waals surface area (Å²) in [5, 5.41) is 0. The normalized spacial score (nSPS) is 11.6. The zero-order chi connectivity index (χ0) is 27.7. The molecule has 7 heteroatoms. The standard InChI is InChI=1S/C16H16O2S2.C16H16S2.Ni/c1-17-13-7-3-11(4-8-13)15(19)16(20)12-5-9-14(18-2)10-6-12;1-11-3-7-13(8-4-11)15(17)16(18)14-9-5-12(2)6-10-14;/h3-10,19-20H,1-2H3;3-10,17-18H,1-2H3;/p-4. The fourth-order valence-electron chi connectivity index (χ4n) is 3.42. The summed E-state index contributed by atoms with van der Waals surface area (Å²) in [5.41, 5.74) is 6.32. The average Bonchev–Trinajstić information content (AvgIpc) is 2.97. The van der Waals surface area contributed by atoms with E-state index in [-0.39, 0.29) is 16.5 Å². The van der Waals surface area contributed by atoms with Crippen LogP contribution in [-0.2, 0) is 67.0 Å². The van der Waals surface area contributed by atoms with Gasteiger partial charge in [-0.1, -0.05) is 83.9 Å². The molecule has 206 valence electrons. The fourth-order valence-corrected chi connectivity index (χ4v) is 4.43. The minimum Gasteiger partial charge on any atom is -0.781 e. The largest absolute Gasteiger partial charge is 0.781 e. The van der Waals surface area contributed by atoms with E-state index in [1.165, 1.54) is 11.1 Å². The van der Waals surface area contributed by atoms with Crippen LogP contribution in [-0.4, -0.2) is 14.2 Å². The number of methoxy groups -OCH3 is 2. The van der Waals surface area contributed by atoms with E-state index in [0.29, 0.717) is 9.81 Å². The number of benzene rings is 4. The summed E-state index contributed by atoms with van der Waals surface area (Å²) in [6.07, 6.45) is 0. The van der Waals surface area contributed by atoms with Crippen LogP contribution in [0.1, 0.15) is 33.4 Å². The van der Waals surface area contributed by atoms with E-state index in [0.717, 1.165) is 43.6 Å². The molecule has 0 aliphatic heterocycles. The second kappa shape index (κ2) is 15.8. The molecule has 0 radical (unpaired) electrons. The second-order valence-corrected chi connectivity index (χ2v) is 10.1. The quantitative estimate of drug-likeness (QED) is 0.122. The van der Waals surface area contributed by atoms with E-state index in [1.807, 2.05) is 72.8 Å². The molecule has 0 unspecified atom stereocenters. The van der Waals surface area contributed by atoms with Gasteiger partial charge < -0.3 is 60.0 Å². The number of ether oxygens (including phenoxy) is 2. The van der Waals surface area contributed by atoms with Crippen LogP contribution in [0.4, 0.5) is 0 Å². The van der Waals surface area contributed by atoms with Crippen molar-refractivity contribution >= 4 is 70.1 Å². The van der Waals surface area contributed by atoms with Crippen LogP contribution in [0.3, 0.4) is 0 Å². The summed E-state index contributed by atoms with van der Waals surface area (Å²) in [4.78, 5) is 2.81. The van der Waals surface area contributed by atoms with E-state index in [9.17, 15) is 0 Å². The van der Waals surface area contributed by atoms with E-state index in [1.54, 1.807) is 14.2 Å². The Balaban J connectivity index is 0.000000268. The van der Waals surface area contributed by atoms with Gasteiger partial charge in [-0.3, -0.25) is 0 Å². The summed E-state index contributed by atoms with van der Waals surface area (Å²) in [5.74, 6) is 1.60. The summed E-state index contributed by atoms with van der Waals surface area (Å²) in [7, 11) is 3.27. The maximum absolute atomic E-state index is 5.46. The van der Waals surface area contributed by atoms with Gasteiger partial charge in [0.05, 0.1) is 14.2 Å². The van der Waals surface area contributed by atoms with Crippen molar-refractivity contribution in [2.45, 2.75) is 13.8 Å². The molecule has 0 fully saturated rings. The van der Waals surface area contributed by atoms with Gasteiger partial charge in [0.25, 0.3) is 0 Å². The molecule has 0 aromatic heterocycles. The third kappa shape index (κ3) is 9.20. The molecule has 39 heavy (non-hydrogen) atoms. The Bertz CT molecular complexity index is 1290. The predicted molar refractivity (Wildman–Crippen MR) is 171 cm³/mol. The first-order valence-corrected chi connectivity index (χ1v) is 13.5. The summed E-state index contributed by atoms with van der Waals surface area (Å²) < 4.78 is 10.3. The molecule has 2 nitrogen and oxygen atoms in total. The third-order valence-corrected chi connectivity index (χ3v) is 7.76. The number of rotatable bonds is 6. The molecule has 0 N–H and O–H groups in total. The minimum atomic E-state index is 0. The van der Waals surface area contributed by atoms with Gasteiger partial charge in [0, 0.05) is 16.5 Å². The molecule has 0 aliphatic carbocycles. The number of hydrogen-bond donors (Lipinski definition) is 0. The summed E-state index contributed by atoms with van der Waals surface area (Å²) in [6, 6.07) is 31.5. The van der Waals surface area contributed by atoms with Crippen LogP contribution in [0.15, 0.2) is 97.1 Å². The van der Waals surface area contributed by atoms with Gasteiger partial charge in [0.1, 0.15) is 11.5 Å². The fraction of sp³-hybridized carbons (Fsp3) is 0.125. The van der Waals surface area contributed by atoms with Crippen LogP contribution >= 0.6 is 0 Å². The van der Waals surface area contributed by atoms with Crippen molar-refractivity contribution in [1.29, 1.82) is 0 Å². The summed E-state index contributed by atoms with van der Waals surface area (Å²) >= 11 is 21.8. The molecule has 0 saturated heterocycles. The first-order chi connectivity index (χ1) is 18.2. The van der Waals surface area contributed by atoms with Crippen molar-refractivity contribution in [3.63, 3.8) is 0 Å². The molecule has 0 spiro atoms. The van der Waals surface area contributed by atoms with E-state index < -0.39 is 0 Å². The van der Waals surface area contributed by atoms with Crippen molar-refractivity contribution in [3.05, 3.63) is 130 Å². The Labute approximate surface area is 264 Å². The van der Waals surface area contributed by atoms with Crippen LogP contribution < -0.4 is 9.47 Å². The molecule has 0 heterocycles. The van der Waals surface area contributed by atoms with Crippen LogP contribution in [0.2, 0.25) is 0 Å². The predicted octanol–water partition coefficient (Wildman–Crippen LogP) is 7.84. The zero-order valence-corrected chi connectivity index (χ0v) is 26.3. The molecular formula is C32H28NiO2S4-4. The maximum atomic E-state index is 5.46. The Hall–Kier alpha value is -2.67. The van der Waals surface area contributed by atoms with Gasteiger partial charge in [-0.05, 0) is 60.4 Å². The monoisotopic (exact) mass is 630 g/mol. The topological polar surface area (TPSA) is 18.5 Å². The molecule has 0 amide bonds. The molecule has 0 saturated carbocycles. The molecule has 4 rings (SSSR count). The first-order valence-electron chi connectivity index (χ1n) is 11.8. The van der Waals surface area contributed by atoms with Crippen molar-refractivity contribution < 1.29 is 26.0 Å². The van der Waals surface area contributed by atoms with E-state index in [4.69, 9.17) is 60.0 Å². The van der Waals surface area contributed by atoms with Gasteiger partial charge in [-0.2, -0.15) is 19.6 Å². The molecular weight excluding hydrogens is 603 g/mol. The van der Waals surface area contributed by atoms with Gasteiger partial charge in [-0.15, -0.1) is 0 Å². The average molecular weight is 632 g/mol. The minimum absolute atomic E-state index is 0. The molecule has 0 bridgehead atoms. The van der Waals surface area contributed by atoms with Crippen molar-refractivity contribution in [1.82, 2.24) is 0 Å². The first kappa shape index (κ1) is 32.5. The Morgan fingerprint density at radius 1 is 0.410 bits per heavy atom. The van der Waals surface area contributed by atoms with Crippen molar-refractivity contribution in [2.24, 2.45) is 0 Å². The van der Waals surface area contributed by atoms with Gasteiger partial charge in [0.15, 0.2) is 0 Å². The number of hydrogen-bond acceptors (Lipinski definition) is 6. The Morgan fingerprint density at radius 3 is 0.821 bits per heavy atom. The van der Waals surface area contributed by atoms with Gasteiger partial charge >= 0.3 is 0 Å². The maximum Gasteiger partial charge on any atom is 0.118 e. The van der Waals surface area contributed by atoms with E-state index >= 15 is 0 Å². The summed E-state index contributed by atoms with van der Waals surface area (Å²) in [6.45, 7) is 4.12. The number of aryl methyl sites for hydroxylation is 2.